The maximum atomic E-state index is 11.6. The summed E-state index contributed by atoms with van der Waals surface area (Å²) in [4.78, 5) is 37.2. The average molecular weight is 400 g/mol. The van der Waals surface area contributed by atoms with Gasteiger partial charge in [-0.1, -0.05) is 48.0 Å². The third kappa shape index (κ3) is 4.54. The zero-order valence-corrected chi connectivity index (χ0v) is 15.1. The minimum atomic E-state index is -1.06. The van der Waals surface area contributed by atoms with Gasteiger partial charge in [0.1, 0.15) is 18.1 Å². The van der Waals surface area contributed by atoms with E-state index in [-0.39, 0.29) is 5.69 Å². The Morgan fingerprint density at radius 3 is 2.43 bits per heavy atom. The van der Waals surface area contributed by atoms with Gasteiger partial charge in [0.25, 0.3) is 0 Å². The van der Waals surface area contributed by atoms with E-state index in [2.05, 4.69) is 4.98 Å². The van der Waals surface area contributed by atoms with Gasteiger partial charge in [-0.3, -0.25) is 19.9 Å². The highest BCUT2D eigenvalue weighted by Crippen LogP contribution is 2.20. The number of hydrogen-bond donors (Lipinski definition) is 2. The molecule has 3 aromatic rings. The molecule has 2 aromatic carbocycles. The van der Waals surface area contributed by atoms with Gasteiger partial charge in [0.05, 0.1) is 4.92 Å². The number of H-pyrrole nitrogens is 2. The van der Waals surface area contributed by atoms with Crippen molar-refractivity contribution >= 4 is 29.4 Å². The molecule has 8 nitrogen and oxygen atoms in total. The smallest absolute Gasteiger partial charge is 0.357 e. The number of hydrogen-bond acceptors (Lipinski definition) is 5. The molecule has 0 radical (unpaired) electrons. The van der Waals surface area contributed by atoms with Crippen molar-refractivity contribution in [3.8, 4) is 5.75 Å². The number of nitrogens with zero attached hydrogens (tertiary/aromatic N) is 1. The number of nitrogens with one attached hydrogen (secondary N) is 2. The highest BCUT2D eigenvalue weighted by molar-refractivity contribution is 6.31. The molecule has 0 bridgehead atoms. The van der Waals surface area contributed by atoms with Gasteiger partial charge in [0.2, 0.25) is 0 Å². The van der Waals surface area contributed by atoms with Crippen LogP contribution in [0.3, 0.4) is 0 Å². The van der Waals surface area contributed by atoms with Crippen molar-refractivity contribution in [2.24, 2.45) is 0 Å². The summed E-state index contributed by atoms with van der Waals surface area (Å²) in [5, 5.41) is 11.6. The summed E-state index contributed by atoms with van der Waals surface area (Å²) in [7, 11) is 0. The number of ether oxygens (including phenoxy) is 1. The second-order valence-corrected chi connectivity index (χ2v) is 6.12. The number of halogens is 1. The average Bonchev–Trinajstić information content (AvgIpc) is 2.65. The zero-order chi connectivity index (χ0) is 20.1. The van der Waals surface area contributed by atoms with Crippen LogP contribution in [0.15, 0.2) is 58.1 Å². The van der Waals surface area contributed by atoms with E-state index in [1.54, 1.807) is 30.3 Å². The molecule has 2 N–H and O–H groups in total. The van der Waals surface area contributed by atoms with E-state index in [9.17, 15) is 19.7 Å². The topological polar surface area (TPSA) is 118 Å². The van der Waals surface area contributed by atoms with E-state index in [0.29, 0.717) is 22.9 Å². The van der Waals surface area contributed by atoms with E-state index < -0.39 is 21.9 Å². The fraction of sp³-hybridized carbons (Fsp3) is 0.0526. The molecular weight excluding hydrogens is 386 g/mol. The molecule has 0 aliphatic rings. The standard InChI is InChI=1S/C19H14ClN3O5/c20-15-4-2-1-3-13(15)11-28-14-8-5-12(6-9-14)7-10-16-17(23(26)27)18(24)22-19(25)21-16/h1-10H,11H2,(H2,21,22,24,25). The fourth-order valence-electron chi connectivity index (χ4n) is 2.43. The molecule has 0 amide bonds. The molecule has 1 heterocycles. The lowest BCUT2D eigenvalue weighted by atomic mass is 10.2. The zero-order valence-electron chi connectivity index (χ0n) is 14.3. The van der Waals surface area contributed by atoms with Crippen LogP contribution >= 0.6 is 11.6 Å². The molecule has 0 fully saturated rings. The molecule has 0 unspecified atom stereocenters. The monoisotopic (exact) mass is 399 g/mol. The quantitative estimate of drug-likeness (QED) is 0.486. The summed E-state index contributed by atoms with van der Waals surface area (Å²) >= 11 is 6.09. The minimum absolute atomic E-state index is 0.183. The van der Waals surface area contributed by atoms with Gasteiger partial charge in [-0.05, 0) is 29.8 Å². The Bertz CT molecular complexity index is 1150. The van der Waals surface area contributed by atoms with Crippen LogP contribution in [0.5, 0.6) is 5.75 Å². The van der Waals surface area contributed by atoms with E-state index in [1.165, 1.54) is 12.2 Å². The number of aromatic amines is 2. The first-order chi connectivity index (χ1) is 13.4. The molecular formula is C19H14ClN3O5. The molecule has 0 saturated carbocycles. The molecule has 0 saturated heterocycles. The summed E-state index contributed by atoms with van der Waals surface area (Å²) in [5.41, 5.74) is -1.23. The van der Waals surface area contributed by atoms with Crippen LogP contribution in [-0.2, 0) is 6.61 Å². The normalized spacial score (nSPS) is 10.9. The van der Waals surface area contributed by atoms with Gasteiger partial charge in [-0.2, -0.15) is 0 Å². The first kappa shape index (κ1) is 19.1. The number of benzene rings is 2. The van der Waals surface area contributed by atoms with Gasteiger partial charge in [0, 0.05) is 10.6 Å². The SMILES string of the molecule is O=c1[nH]c(C=Cc2ccc(OCc3ccccc3Cl)cc2)c([N+](=O)[O-])c(=O)[nH]1. The van der Waals surface area contributed by atoms with Crippen molar-refractivity contribution < 1.29 is 9.66 Å². The Kier molecular flexibility index (Phi) is 5.71. The Balaban J connectivity index is 1.74. The summed E-state index contributed by atoms with van der Waals surface area (Å²) in [6.07, 6.45) is 2.84. The fourth-order valence-corrected chi connectivity index (χ4v) is 2.62. The van der Waals surface area contributed by atoms with Crippen molar-refractivity contribution in [1.29, 1.82) is 0 Å². The number of nitro groups is 1. The van der Waals surface area contributed by atoms with Gasteiger partial charge in [0.15, 0.2) is 0 Å². The van der Waals surface area contributed by atoms with Crippen molar-refractivity contribution in [2.75, 3.05) is 0 Å². The lowest BCUT2D eigenvalue weighted by molar-refractivity contribution is -0.386. The van der Waals surface area contributed by atoms with Crippen molar-refractivity contribution in [3.63, 3.8) is 0 Å². The van der Waals surface area contributed by atoms with Gasteiger partial charge >= 0.3 is 16.9 Å². The van der Waals surface area contributed by atoms with Crippen LogP contribution in [0.2, 0.25) is 5.02 Å². The van der Waals surface area contributed by atoms with Crippen LogP contribution in [0.1, 0.15) is 16.8 Å². The summed E-state index contributed by atoms with van der Waals surface area (Å²) in [5.74, 6) is 0.618. The van der Waals surface area contributed by atoms with E-state index >= 15 is 0 Å². The minimum Gasteiger partial charge on any atom is -0.489 e. The molecule has 142 valence electrons. The van der Waals surface area contributed by atoms with Crippen molar-refractivity contribution in [1.82, 2.24) is 9.97 Å². The van der Waals surface area contributed by atoms with Crippen LogP contribution in [0.4, 0.5) is 5.69 Å². The van der Waals surface area contributed by atoms with Gasteiger partial charge in [-0.15, -0.1) is 0 Å². The first-order valence-electron chi connectivity index (χ1n) is 8.09. The van der Waals surface area contributed by atoms with E-state index in [4.69, 9.17) is 16.3 Å². The third-order valence-corrected chi connectivity index (χ3v) is 4.17. The molecule has 3 rings (SSSR count). The number of rotatable bonds is 6. The summed E-state index contributed by atoms with van der Waals surface area (Å²) < 4.78 is 5.68. The summed E-state index contributed by atoms with van der Waals surface area (Å²) in [6, 6.07) is 14.3. The van der Waals surface area contributed by atoms with Gasteiger partial charge in [-0.25, -0.2) is 4.79 Å². The molecule has 9 heteroatoms. The van der Waals surface area contributed by atoms with E-state index in [0.717, 1.165) is 5.56 Å². The summed E-state index contributed by atoms with van der Waals surface area (Å²) in [6.45, 7) is 0.315. The van der Waals surface area contributed by atoms with Crippen molar-refractivity contribution in [3.05, 3.63) is 101 Å². The Labute approximate surface area is 163 Å². The van der Waals surface area contributed by atoms with Crippen LogP contribution in [0.25, 0.3) is 12.2 Å². The molecule has 28 heavy (non-hydrogen) atoms. The van der Waals surface area contributed by atoms with Crippen molar-refractivity contribution in [2.45, 2.75) is 6.61 Å². The van der Waals surface area contributed by atoms with Gasteiger partial charge < -0.3 is 9.72 Å². The predicted octanol–water partition coefficient (Wildman–Crippen LogP) is 3.37. The lowest BCUT2D eigenvalue weighted by Gasteiger charge is -2.07. The highest BCUT2D eigenvalue weighted by Gasteiger charge is 2.18. The predicted molar refractivity (Wildman–Crippen MR) is 105 cm³/mol. The second kappa shape index (κ2) is 8.36. The maximum absolute atomic E-state index is 11.6. The second-order valence-electron chi connectivity index (χ2n) is 5.71. The molecule has 1 aromatic heterocycles. The molecule has 0 aliphatic heterocycles. The van der Waals surface area contributed by atoms with Crippen LogP contribution in [-0.4, -0.2) is 14.9 Å². The maximum Gasteiger partial charge on any atom is 0.357 e. The van der Waals surface area contributed by atoms with Crippen LogP contribution in [0, 0.1) is 10.1 Å². The Morgan fingerprint density at radius 1 is 1.04 bits per heavy atom. The molecule has 0 atom stereocenters. The first-order valence-corrected chi connectivity index (χ1v) is 8.47. The Hall–Kier alpha value is -3.65. The largest absolute Gasteiger partial charge is 0.489 e. The molecule has 0 spiro atoms. The van der Waals surface area contributed by atoms with E-state index in [1.807, 2.05) is 23.2 Å². The number of aromatic nitrogens is 2. The third-order valence-electron chi connectivity index (χ3n) is 3.80. The molecule has 0 aliphatic carbocycles. The highest BCUT2D eigenvalue weighted by atomic mass is 35.5. The van der Waals surface area contributed by atoms with Crippen LogP contribution < -0.4 is 16.0 Å². The Morgan fingerprint density at radius 2 is 1.75 bits per heavy atom. The lowest BCUT2D eigenvalue weighted by Crippen LogP contribution is -2.25.